The van der Waals surface area contributed by atoms with Gasteiger partial charge in [0, 0.05) is 5.56 Å². The fourth-order valence-electron chi connectivity index (χ4n) is 2.05. The van der Waals surface area contributed by atoms with Crippen LogP contribution in [0.4, 0.5) is 0 Å². The van der Waals surface area contributed by atoms with E-state index in [1.165, 1.54) is 0 Å². The Morgan fingerprint density at radius 1 is 1.37 bits per heavy atom. The molecule has 0 aliphatic carbocycles. The Kier molecular flexibility index (Phi) is 3.95. The van der Waals surface area contributed by atoms with Gasteiger partial charge < -0.3 is 19.3 Å². The van der Waals surface area contributed by atoms with E-state index in [0.29, 0.717) is 30.3 Å². The number of aliphatic hydroxyl groups excluding tert-OH is 1. The van der Waals surface area contributed by atoms with Crippen LogP contribution in [0.15, 0.2) is 6.07 Å². The molecular formula is C14H18O5. The zero-order valence-corrected chi connectivity index (χ0v) is 11.4. The number of hydrogen-bond donors (Lipinski definition) is 1. The predicted molar refractivity (Wildman–Crippen MR) is 68.5 cm³/mol. The summed E-state index contributed by atoms with van der Waals surface area (Å²) in [5, 5.41) is 10.1. The van der Waals surface area contributed by atoms with Crippen LogP contribution < -0.4 is 9.47 Å². The molecule has 5 heteroatoms. The van der Waals surface area contributed by atoms with E-state index in [0.717, 1.165) is 11.1 Å². The van der Waals surface area contributed by atoms with Gasteiger partial charge in [-0.1, -0.05) is 0 Å². The number of aryl methyl sites for hydroxylation is 1. The van der Waals surface area contributed by atoms with Crippen LogP contribution in [0.1, 0.15) is 29.7 Å². The molecule has 5 nitrogen and oxygen atoms in total. The molecule has 0 radical (unpaired) electrons. The lowest BCUT2D eigenvalue weighted by atomic mass is 9.99. The normalized spacial score (nSPS) is 14.9. The second-order valence-corrected chi connectivity index (χ2v) is 4.42. The highest BCUT2D eigenvalue weighted by atomic mass is 16.6. The quantitative estimate of drug-likeness (QED) is 0.843. The van der Waals surface area contributed by atoms with Crippen LogP contribution in [0, 0.1) is 13.8 Å². The molecule has 0 saturated heterocycles. The van der Waals surface area contributed by atoms with Crippen molar-refractivity contribution in [2.24, 2.45) is 0 Å². The molecule has 1 aliphatic rings. The minimum Gasteiger partial charge on any atom is -0.486 e. The molecule has 104 valence electrons. The van der Waals surface area contributed by atoms with Gasteiger partial charge in [-0.2, -0.15) is 0 Å². The second-order valence-electron chi connectivity index (χ2n) is 4.42. The van der Waals surface area contributed by atoms with E-state index in [-0.39, 0.29) is 6.61 Å². The summed E-state index contributed by atoms with van der Waals surface area (Å²) in [6.07, 6.45) is -1.35. The third-order valence-electron chi connectivity index (χ3n) is 3.15. The summed E-state index contributed by atoms with van der Waals surface area (Å²) in [6, 6.07) is 1.74. The summed E-state index contributed by atoms with van der Waals surface area (Å²) in [5.41, 5.74) is 2.29. The third-order valence-corrected chi connectivity index (χ3v) is 3.15. The van der Waals surface area contributed by atoms with Crippen LogP contribution >= 0.6 is 0 Å². The Bertz CT molecular complexity index is 495. The van der Waals surface area contributed by atoms with Crippen molar-refractivity contribution in [2.45, 2.75) is 26.9 Å². The summed E-state index contributed by atoms with van der Waals surface area (Å²) < 4.78 is 16.0. The van der Waals surface area contributed by atoms with E-state index < -0.39 is 12.1 Å². The summed E-state index contributed by atoms with van der Waals surface area (Å²) in [6.45, 7) is 6.60. The highest BCUT2D eigenvalue weighted by Crippen LogP contribution is 2.41. The number of aliphatic hydroxyl groups is 1. The zero-order valence-electron chi connectivity index (χ0n) is 11.4. The fourth-order valence-corrected chi connectivity index (χ4v) is 2.05. The average molecular weight is 266 g/mol. The van der Waals surface area contributed by atoms with Crippen molar-refractivity contribution in [2.75, 3.05) is 19.8 Å². The lowest BCUT2D eigenvalue weighted by molar-refractivity contribution is -0.153. The average Bonchev–Trinajstić information content (AvgIpc) is 2.42. The maximum Gasteiger partial charge on any atom is 0.339 e. The van der Waals surface area contributed by atoms with Crippen LogP contribution in [0.2, 0.25) is 0 Å². The van der Waals surface area contributed by atoms with E-state index in [2.05, 4.69) is 0 Å². The third kappa shape index (κ3) is 2.51. The van der Waals surface area contributed by atoms with Gasteiger partial charge in [-0.25, -0.2) is 4.79 Å². The monoisotopic (exact) mass is 266 g/mol. The number of fused-ring (bicyclic) bond motifs is 1. The molecule has 1 heterocycles. The summed E-state index contributed by atoms with van der Waals surface area (Å²) in [4.78, 5) is 11.7. The Labute approximate surface area is 112 Å². The van der Waals surface area contributed by atoms with E-state index in [1.807, 2.05) is 13.8 Å². The maximum atomic E-state index is 11.7. The van der Waals surface area contributed by atoms with Crippen molar-refractivity contribution in [3.8, 4) is 11.5 Å². The van der Waals surface area contributed by atoms with Crippen molar-refractivity contribution in [1.82, 2.24) is 0 Å². The Balaban J connectivity index is 2.45. The Morgan fingerprint density at radius 3 is 2.63 bits per heavy atom. The zero-order chi connectivity index (χ0) is 14.0. The molecule has 19 heavy (non-hydrogen) atoms. The smallest absolute Gasteiger partial charge is 0.339 e. The van der Waals surface area contributed by atoms with Gasteiger partial charge in [0.1, 0.15) is 13.2 Å². The van der Waals surface area contributed by atoms with Gasteiger partial charge >= 0.3 is 5.97 Å². The molecule has 0 bridgehead atoms. The summed E-state index contributed by atoms with van der Waals surface area (Å²) >= 11 is 0. The van der Waals surface area contributed by atoms with E-state index in [9.17, 15) is 9.90 Å². The first-order chi connectivity index (χ1) is 9.06. The molecule has 0 spiro atoms. The molecule has 2 rings (SSSR count). The molecule has 1 aromatic carbocycles. The van der Waals surface area contributed by atoms with Gasteiger partial charge in [-0.3, -0.25) is 0 Å². The molecule has 0 fully saturated rings. The number of carbonyl (C=O) groups is 1. The number of esters is 1. The first kappa shape index (κ1) is 13.7. The van der Waals surface area contributed by atoms with Gasteiger partial charge in [-0.05, 0) is 38.0 Å². The van der Waals surface area contributed by atoms with Crippen molar-refractivity contribution in [1.29, 1.82) is 0 Å². The molecule has 0 aromatic heterocycles. The largest absolute Gasteiger partial charge is 0.486 e. The second kappa shape index (κ2) is 5.48. The van der Waals surface area contributed by atoms with Crippen LogP contribution in [-0.2, 0) is 9.53 Å². The fraction of sp³-hybridized carbons (Fsp3) is 0.500. The van der Waals surface area contributed by atoms with Crippen LogP contribution in [0.3, 0.4) is 0 Å². The lowest BCUT2D eigenvalue weighted by Crippen LogP contribution is -2.22. The van der Waals surface area contributed by atoms with Gasteiger partial charge in [0.25, 0.3) is 0 Å². The SMILES string of the molecule is CCOC(=O)C(O)c1cc(C)c(C)c2c1OCCO2. The van der Waals surface area contributed by atoms with Crippen LogP contribution in [-0.4, -0.2) is 30.9 Å². The topological polar surface area (TPSA) is 65.0 Å². The van der Waals surface area contributed by atoms with Gasteiger partial charge in [0.2, 0.25) is 0 Å². The van der Waals surface area contributed by atoms with Gasteiger partial charge in [0.05, 0.1) is 6.61 Å². The predicted octanol–water partition coefficient (Wildman–Crippen LogP) is 1.67. The number of rotatable bonds is 3. The Hall–Kier alpha value is -1.75. The van der Waals surface area contributed by atoms with E-state index >= 15 is 0 Å². The molecule has 0 amide bonds. The van der Waals surface area contributed by atoms with Crippen molar-refractivity contribution < 1.29 is 24.1 Å². The first-order valence-electron chi connectivity index (χ1n) is 6.30. The van der Waals surface area contributed by atoms with Gasteiger partial charge in [0.15, 0.2) is 17.6 Å². The van der Waals surface area contributed by atoms with E-state index in [1.54, 1.807) is 13.0 Å². The number of ether oxygens (including phenoxy) is 3. The molecule has 1 aliphatic heterocycles. The molecule has 1 N–H and O–H groups in total. The molecule has 1 aromatic rings. The Morgan fingerprint density at radius 2 is 2.00 bits per heavy atom. The summed E-state index contributed by atoms with van der Waals surface area (Å²) in [7, 11) is 0. The van der Waals surface area contributed by atoms with Crippen molar-refractivity contribution >= 4 is 5.97 Å². The highest BCUT2D eigenvalue weighted by Gasteiger charge is 2.28. The number of carbonyl (C=O) groups excluding carboxylic acids is 1. The minimum absolute atomic E-state index is 0.223. The molecule has 1 atom stereocenters. The standard InChI is InChI=1S/C14H18O5/c1-4-17-14(16)11(15)10-7-8(2)9(3)12-13(10)19-6-5-18-12/h7,11,15H,4-6H2,1-3H3. The number of benzene rings is 1. The molecule has 1 unspecified atom stereocenters. The van der Waals surface area contributed by atoms with Crippen LogP contribution in [0.25, 0.3) is 0 Å². The molecular weight excluding hydrogens is 248 g/mol. The van der Waals surface area contributed by atoms with Crippen molar-refractivity contribution in [3.05, 3.63) is 22.8 Å². The minimum atomic E-state index is -1.35. The summed E-state index contributed by atoms with van der Waals surface area (Å²) in [5.74, 6) is 0.363. The highest BCUT2D eigenvalue weighted by molar-refractivity contribution is 5.78. The lowest BCUT2D eigenvalue weighted by Gasteiger charge is -2.25. The van der Waals surface area contributed by atoms with Crippen LogP contribution in [0.5, 0.6) is 11.5 Å². The number of hydrogen-bond acceptors (Lipinski definition) is 5. The van der Waals surface area contributed by atoms with Gasteiger partial charge in [-0.15, -0.1) is 0 Å². The van der Waals surface area contributed by atoms with Crippen molar-refractivity contribution in [3.63, 3.8) is 0 Å². The maximum absolute atomic E-state index is 11.7. The van der Waals surface area contributed by atoms with E-state index in [4.69, 9.17) is 14.2 Å². The molecule has 0 saturated carbocycles. The first-order valence-corrected chi connectivity index (χ1v) is 6.30.